The SMILES string of the molecule is CNS(=O)(=O)c1ccc(/C=C/C(=O)N2CCN(C)CC2C)cc1. The van der Waals surface area contributed by atoms with E-state index in [2.05, 4.69) is 16.7 Å². The fourth-order valence-corrected chi connectivity index (χ4v) is 3.34. The molecule has 1 aliphatic heterocycles. The smallest absolute Gasteiger partial charge is 0.246 e. The first-order chi connectivity index (χ1) is 10.8. The van der Waals surface area contributed by atoms with Crippen LogP contribution >= 0.6 is 0 Å². The molecule has 1 heterocycles. The number of carbonyl (C=O) groups excluding carboxylic acids is 1. The number of carbonyl (C=O) groups is 1. The third-order valence-electron chi connectivity index (χ3n) is 3.99. The highest BCUT2D eigenvalue weighted by Gasteiger charge is 2.23. The van der Waals surface area contributed by atoms with Crippen molar-refractivity contribution in [3.05, 3.63) is 35.9 Å². The molecular formula is C16H23N3O3S. The molecular weight excluding hydrogens is 314 g/mol. The minimum absolute atomic E-state index is 0.0162. The van der Waals surface area contributed by atoms with Gasteiger partial charge in [-0.15, -0.1) is 0 Å². The molecule has 0 bridgehead atoms. The molecule has 1 saturated heterocycles. The molecule has 0 spiro atoms. The molecule has 1 N–H and O–H groups in total. The molecule has 1 unspecified atom stereocenters. The summed E-state index contributed by atoms with van der Waals surface area (Å²) in [6.45, 7) is 4.51. The molecule has 1 aromatic carbocycles. The monoisotopic (exact) mass is 337 g/mol. The summed E-state index contributed by atoms with van der Waals surface area (Å²) in [5, 5.41) is 0. The number of nitrogens with one attached hydrogen (secondary N) is 1. The minimum atomic E-state index is -3.43. The number of amides is 1. The number of likely N-dealkylation sites (N-methyl/N-ethyl adjacent to an activating group) is 1. The van der Waals surface area contributed by atoms with Crippen LogP contribution in [0.2, 0.25) is 0 Å². The Labute approximate surface area is 137 Å². The molecule has 7 heteroatoms. The van der Waals surface area contributed by atoms with Crippen molar-refractivity contribution in [1.82, 2.24) is 14.5 Å². The van der Waals surface area contributed by atoms with Gasteiger partial charge in [0.25, 0.3) is 0 Å². The molecule has 23 heavy (non-hydrogen) atoms. The number of hydrogen-bond donors (Lipinski definition) is 1. The second-order valence-electron chi connectivity index (χ2n) is 5.75. The quantitative estimate of drug-likeness (QED) is 0.824. The van der Waals surface area contributed by atoms with Gasteiger partial charge in [0.05, 0.1) is 4.90 Å². The van der Waals surface area contributed by atoms with Crippen LogP contribution in [0.15, 0.2) is 35.2 Å². The van der Waals surface area contributed by atoms with Gasteiger partial charge < -0.3 is 9.80 Å². The summed E-state index contributed by atoms with van der Waals surface area (Å²) in [6, 6.07) is 6.60. The Morgan fingerprint density at radius 2 is 1.91 bits per heavy atom. The summed E-state index contributed by atoms with van der Waals surface area (Å²) in [4.78, 5) is 16.5. The predicted octanol–water partition coefficient (Wildman–Crippen LogP) is 0.770. The lowest BCUT2D eigenvalue weighted by atomic mass is 10.1. The van der Waals surface area contributed by atoms with Crippen LogP contribution in [0.25, 0.3) is 6.08 Å². The fourth-order valence-electron chi connectivity index (χ4n) is 2.61. The van der Waals surface area contributed by atoms with Crippen LogP contribution in [0.4, 0.5) is 0 Å². The second-order valence-corrected chi connectivity index (χ2v) is 7.64. The van der Waals surface area contributed by atoms with Crippen molar-refractivity contribution in [2.75, 3.05) is 33.7 Å². The number of benzene rings is 1. The Morgan fingerprint density at radius 3 is 2.48 bits per heavy atom. The molecule has 1 fully saturated rings. The highest BCUT2D eigenvalue weighted by molar-refractivity contribution is 7.89. The number of nitrogens with zero attached hydrogens (tertiary/aromatic N) is 2. The molecule has 0 aliphatic carbocycles. The first-order valence-corrected chi connectivity index (χ1v) is 9.02. The highest BCUT2D eigenvalue weighted by atomic mass is 32.2. The molecule has 126 valence electrons. The van der Waals surface area contributed by atoms with Gasteiger partial charge in [-0.3, -0.25) is 4.79 Å². The number of sulfonamides is 1. The Morgan fingerprint density at radius 1 is 1.26 bits per heavy atom. The Balaban J connectivity index is 2.04. The molecule has 2 rings (SSSR count). The maximum absolute atomic E-state index is 12.3. The van der Waals surface area contributed by atoms with Gasteiger partial charge in [-0.2, -0.15) is 0 Å². The van der Waals surface area contributed by atoms with Crippen molar-refractivity contribution < 1.29 is 13.2 Å². The van der Waals surface area contributed by atoms with E-state index in [9.17, 15) is 13.2 Å². The maximum atomic E-state index is 12.3. The minimum Gasteiger partial charge on any atom is -0.334 e. The van der Waals surface area contributed by atoms with Crippen LogP contribution in [0.3, 0.4) is 0 Å². The molecule has 0 aromatic heterocycles. The molecule has 1 atom stereocenters. The number of piperazine rings is 1. The van der Waals surface area contributed by atoms with Crippen molar-refractivity contribution >= 4 is 22.0 Å². The first kappa shape index (κ1) is 17.7. The molecule has 6 nitrogen and oxygen atoms in total. The predicted molar refractivity (Wildman–Crippen MR) is 90.4 cm³/mol. The first-order valence-electron chi connectivity index (χ1n) is 7.54. The summed E-state index contributed by atoms with van der Waals surface area (Å²) in [7, 11) is -0.00524. The standard InChI is InChI=1S/C16H23N3O3S/c1-13-12-18(3)10-11-19(13)16(20)9-6-14-4-7-15(8-5-14)23(21,22)17-2/h4-9,13,17H,10-12H2,1-3H3/b9-6+. The molecule has 1 aliphatic rings. The summed E-state index contributed by atoms with van der Waals surface area (Å²) < 4.78 is 25.6. The van der Waals surface area contributed by atoms with Crippen LogP contribution in [0.1, 0.15) is 12.5 Å². The lowest BCUT2D eigenvalue weighted by molar-refractivity contribution is -0.130. The Bertz CT molecular complexity index is 683. The average molecular weight is 337 g/mol. The summed E-state index contributed by atoms with van der Waals surface area (Å²) in [6.07, 6.45) is 3.26. The van der Waals surface area contributed by atoms with E-state index in [4.69, 9.17) is 0 Å². The Hall–Kier alpha value is -1.70. The second kappa shape index (κ2) is 7.25. The molecule has 0 saturated carbocycles. The van der Waals surface area contributed by atoms with E-state index >= 15 is 0 Å². The van der Waals surface area contributed by atoms with Crippen molar-refractivity contribution in [2.45, 2.75) is 17.9 Å². The van der Waals surface area contributed by atoms with Crippen molar-refractivity contribution in [2.24, 2.45) is 0 Å². The normalized spacial score (nSPS) is 20.1. The van der Waals surface area contributed by atoms with E-state index in [0.717, 1.165) is 25.2 Å². The zero-order valence-corrected chi connectivity index (χ0v) is 14.5. The summed E-state index contributed by atoms with van der Waals surface area (Å²) in [5.74, 6) is -0.0162. The van der Waals surface area contributed by atoms with Crippen LogP contribution < -0.4 is 4.72 Å². The average Bonchev–Trinajstić information content (AvgIpc) is 2.53. The van der Waals surface area contributed by atoms with Crippen molar-refractivity contribution in [1.29, 1.82) is 0 Å². The van der Waals surface area contributed by atoms with Crippen molar-refractivity contribution in [3.63, 3.8) is 0 Å². The van der Waals surface area contributed by atoms with Gasteiger partial charge in [0.1, 0.15) is 0 Å². The van der Waals surface area contributed by atoms with E-state index < -0.39 is 10.0 Å². The number of hydrogen-bond acceptors (Lipinski definition) is 4. The fraction of sp³-hybridized carbons (Fsp3) is 0.438. The third-order valence-corrected chi connectivity index (χ3v) is 5.42. The highest BCUT2D eigenvalue weighted by Crippen LogP contribution is 2.13. The summed E-state index contributed by atoms with van der Waals surface area (Å²) in [5.41, 5.74) is 0.787. The topological polar surface area (TPSA) is 69.7 Å². The molecule has 1 amide bonds. The largest absolute Gasteiger partial charge is 0.334 e. The van der Waals surface area contributed by atoms with E-state index in [0.29, 0.717) is 0 Å². The van der Waals surface area contributed by atoms with Gasteiger partial charge in [0.2, 0.25) is 15.9 Å². The van der Waals surface area contributed by atoms with E-state index in [1.807, 2.05) is 11.8 Å². The lowest BCUT2D eigenvalue weighted by Gasteiger charge is -2.37. The Kier molecular flexibility index (Phi) is 5.56. The van der Waals surface area contributed by atoms with Crippen LogP contribution in [-0.4, -0.2) is 63.9 Å². The molecule has 0 radical (unpaired) electrons. The van der Waals surface area contributed by atoms with Crippen LogP contribution in [0.5, 0.6) is 0 Å². The van der Waals surface area contributed by atoms with E-state index in [-0.39, 0.29) is 16.8 Å². The maximum Gasteiger partial charge on any atom is 0.246 e. The van der Waals surface area contributed by atoms with E-state index in [1.165, 1.54) is 19.2 Å². The van der Waals surface area contributed by atoms with Crippen LogP contribution in [-0.2, 0) is 14.8 Å². The van der Waals surface area contributed by atoms with Gasteiger partial charge in [0.15, 0.2) is 0 Å². The summed E-state index contributed by atoms with van der Waals surface area (Å²) >= 11 is 0. The molecule has 1 aromatic rings. The number of rotatable bonds is 4. The lowest BCUT2D eigenvalue weighted by Crippen LogP contribution is -2.52. The van der Waals surface area contributed by atoms with Gasteiger partial charge in [0, 0.05) is 31.8 Å². The van der Waals surface area contributed by atoms with Gasteiger partial charge in [-0.05, 0) is 44.8 Å². The zero-order chi connectivity index (χ0) is 17.0. The van der Waals surface area contributed by atoms with Gasteiger partial charge in [-0.25, -0.2) is 13.1 Å². The van der Waals surface area contributed by atoms with Crippen LogP contribution in [0, 0.1) is 0 Å². The zero-order valence-electron chi connectivity index (χ0n) is 13.7. The third kappa shape index (κ3) is 4.40. The van der Waals surface area contributed by atoms with Gasteiger partial charge >= 0.3 is 0 Å². The van der Waals surface area contributed by atoms with Crippen molar-refractivity contribution in [3.8, 4) is 0 Å². The van der Waals surface area contributed by atoms with E-state index in [1.54, 1.807) is 24.3 Å². The van der Waals surface area contributed by atoms with Gasteiger partial charge in [-0.1, -0.05) is 12.1 Å².